The van der Waals surface area contributed by atoms with Crippen molar-refractivity contribution in [1.29, 1.82) is 0 Å². The molecule has 0 heterocycles. The molecule has 0 aliphatic heterocycles. The standard InChI is InChI=1S/C14H14ClNO/c1-10(15)9-16-14(17)13-7-6-11-4-2-3-5-12(11)8-13/h2-8,10H,9H2,1H3,(H,16,17). The summed E-state index contributed by atoms with van der Waals surface area (Å²) in [5.74, 6) is -0.0803. The summed E-state index contributed by atoms with van der Waals surface area (Å²) in [6, 6.07) is 13.6. The van der Waals surface area contributed by atoms with Crippen LogP contribution >= 0.6 is 11.6 Å². The molecular formula is C14H14ClNO. The highest BCUT2D eigenvalue weighted by atomic mass is 35.5. The molecule has 3 heteroatoms. The molecule has 0 bridgehead atoms. The average molecular weight is 248 g/mol. The van der Waals surface area contributed by atoms with E-state index < -0.39 is 0 Å². The van der Waals surface area contributed by atoms with Gasteiger partial charge in [0.1, 0.15) is 0 Å². The molecule has 0 aliphatic carbocycles. The molecule has 1 N–H and O–H groups in total. The highest BCUT2D eigenvalue weighted by Crippen LogP contribution is 2.15. The monoisotopic (exact) mass is 247 g/mol. The van der Waals surface area contributed by atoms with Crippen LogP contribution in [0.1, 0.15) is 17.3 Å². The number of carbonyl (C=O) groups excluding carboxylic acids is 1. The van der Waals surface area contributed by atoms with E-state index in [2.05, 4.69) is 5.32 Å². The van der Waals surface area contributed by atoms with Crippen molar-refractivity contribution in [3.63, 3.8) is 0 Å². The van der Waals surface area contributed by atoms with Gasteiger partial charge < -0.3 is 5.32 Å². The molecule has 88 valence electrons. The first-order chi connectivity index (χ1) is 8.16. The molecule has 1 unspecified atom stereocenters. The van der Waals surface area contributed by atoms with Crippen molar-refractivity contribution in [3.8, 4) is 0 Å². The van der Waals surface area contributed by atoms with Crippen molar-refractivity contribution in [2.45, 2.75) is 12.3 Å². The predicted molar refractivity (Wildman–Crippen MR) is 71.6 cm³/mol. The van der Waals surface area contributed by atoms with E-state index in [-0.39, 0.29) is 11.3 Å². The summed E-state index contributed by atoms with van der Waals surface area (Å²) < 4.78 is 0. The van der Waals surface area contributed by atoms with E-state index in [0.29, 0.717) is 12.1 Å². The van der Waals surface area contributed by atoms with Gasteiger partial charge in [-0.25, -0.2) is 0 Å². The Morgan fingerprint density at radius 3 is 2.65 bits per heavy atom. The summed E-state index contributed by atoms with van der Waals surface area (Å²) in [6.07, 6.45) is 0. The third kappa shape index (κ3) is 2.98. The molecule has 2 rings (SSSR count). The van der Waals surface area contributed by atoms with Gasteiger partial charge in [0.15, 0.2) is 0 Å². The van der Waals surface area contributed by atoms with Gasteiger partial charge >= 0.3 is 0 Å². The third-order valence-corrected chi connectivity index (χ3v) is 2.71. The molecule has 0 aliphatic rings. The number of halogens is 1. The number of hydrogen-bond acceptors (Lipinski definition) is 1. The summed E-state index contributed by atoms with van der Waals surface area (Å²) in [6.45, 7) is 2.33. The van der Waals surface area contributed by atoms with E-state index in [4.69, 9.17) is 11.6 Å². The highest BCUT2D eigenvalue weighted by Gasteiger charge is 2.06. The third-order valence-electron chi connectivity index (χ3n) is 2.56. The fourth-order valence-electron chi connectivity index (χ4n) is 1.67. The van der Waals surface area contributed by atoms with Crippen LogP contribution in [-0.4, -0.2) is 17.8 Å². The second kappa shape index (κ2) is 5.19. The molecule has 0 fully saturated rings. The fraction of sp³-hybridized carbons (Fsp3) is 0.214. The van der Waals surface area contributed by atoms with Gasteiger partial charge in [-0.05, 0) is 29.8 Å². The molecule has 2 aromatic carbocycles. The Morgan fingerprint density at radius 1 is 1.24 bits per heavy atom. The molecule has 1 atom stereocenters. The number of alkyl halides is 1. The van der Waals surface area contributed by atoms with Crippen LogP contribution in [0, 0.1) is 0 Å². The Hall–Kier alpha value is -1.54. The molecule has 0 spiro atoms. The molecule has 2 aromatic rings. The maximum Gasteiger partial charge on any atom is 0.251 e. The molecule has 0 radical (unpaired) electrons. The number of carbonyl (C=O) groups is 1. The molecule has 0 saturated heterocycles. The highest BCUT2D eigenvalue weighted by molar-refractivity contribution is 6.20. The smallest absolute Gasteiger partial charge is 0.251 e. The Morgan fingerprint density at radius 2 is 1.94 bits per heavy atom. The van der Waals surface area contributed by atoms with Crippen molar-refractivity contribution < 1.29 is 4.79 Å². The van der Waals surface area contributed by atoms with Crippen molar-refractivity contribution in [2.24, 2.45) is 0 Å². The number of hydrogen-bond donors (Lipinski definition) is 1. The lowest BCUT2D eigenvalue weighted by atomic mass is 10.1. The van der Waals surface area contributed by atoms with Gasteiger partial charge in [0.05, 0.1) is 0 Å². The van der Waals surface area contributed by atoms with Crippen LogP contribution in [0.4, 0.5) is 0 Å². The van der Waals surface area contributed by atoms with E-state index in [9.17, 15) is 4.79 Å². The topological polar surface area (TPSA) is 29.1 Å². The van der Waals surface area contributed by atoms with Crippen molar-refractivity contribution in [2.75, 3.05) is 6.54 Å². The zero-order chi connectivity index (χ0) is 12.3. The van der Waals surface area contributed by atoms with E-state index in [0.717, 1.165) is 10.8 Å². The Kier molecular flexibility index (Phi) is 3.64. The van der Waals surface area contributed by atoms with Crippen LogP contribution in [-0.2, 0) is 0 Å². The summed E-state index contributed by atoms with van der Waals surface area (Å²) in [4.78, 5) is 11.8. The Balaban J connectivity index is 2.21. The Bertz CT molecular complexity index is 536. The minimum Gasteiger partial charge on any atom is -0.351 e. The molecule has 17 heavy (non-hydrogen) atoms. The first kappa shape index (κ1) is 11.9. The summed E-state index contributed by atoms with van der Waals surface area (Å²) in [5.41, 5.74) is 0.668. The van der Waals surface area contributed by atoms with Crippen LogP contribution < -0.4 is 5.32 Å². The Labute approximate surface area is 106 Å². The van der Waals surface area contributed by atoms with Crippen LogP contribution in [0.5, 0.6) is 0 Å². The molecule has 1 amide bonds. The second-order valence-corrected chi connectivity index (χ2v) is 4.80. The number of amides is 1. The normalized spacial score (nSPS) is 12.4. The number of benzene rings is 2. The SMILES string of the molecule is CC(Cl)CNC(=O)c1ccc2ccccc2c1. The van der Waals surface area contributed by atoms with E-state index in [1.165, 1.54) is 0 Å². The van der Waals surface area contributed by atoms with Crippen LogP contribution in [0.15, 0.2) is 42.5 Å². The lowest BCUT2D eigenvalue weighted by Crippen LogP contribution is -2.28. The summed E-state index contributed by atoms with van der Waals surface area (Å²) >= 11 is 5.79. The van der Waals surface area contributed by atoms with E-state index in [1.54, 1.807) is 0 Å². The van der Waals surface area contributed by atoms with E-state index >= 15 is 0 Å². The van der Waals surface area contributed by atoms with Gasteiger partial charge in [-0.1, -0.05) is 30.3 Å². The van der Waals surface area contributed by atoms with Crippen LogP contribution in [0.25, 0.3) is 10.8 Å². The zero-order valence-electron chi connectivity index (χ0n) is 9.61. The molecular weight excluding hydrogens is 234 g/mol. The number of rotatable bonds is 3. The maximum absolute atomic E-state index is 11.8. The predicted octanol–water partition coefficient (Wildman–Crippen LogP) is 3.20. The number of nitrogens with one attached hydrogen (secondary N) is 1. The maximum atomic E-state index is 11.8. The quantitative estimate of drug-likeness (QED) is 0.830. The summed E-state index contributed by atoms with van der Waals surface area (Å²) in [7, 11) is 0. The van der Waals surface area contributed by atoms with Gasteiger partial charge in [0.2, 0.25) is 0 Å². The minimum absolute atomic E-state index is 0.0561. The number of fused-ring (bicyclic) bond motifs is 1. The van der Waals surface area contributed by atoms with Crippen molar-refractivity contribution >= 4 is 28.3 Å². The molecule has 0 saturated carbocycles. The van der Waals surface area contributed by atoms with Crippen molar-refractivity contribution in [1.82, 2.24) is 5.32 Å². The zero-order valence-corrected chi connectivity index (χ0v) is 10.4. The molecule has 2 nitrogen and oxygen atoms in total. The lowest BCUT2D eigenvalue weighted by molar-refractivity contribution is 0.0954. The fourth-order valence-corrected chi connectivity index (χ4v) is 1.74. The first-order valence-corrected chi connectivity index (χ1v) is 6.01. The van der Waals surface area contributed by atoms with Crippen molar-refractivity contribution in [3.05, 3.63) is 48.0 Å². The first-order valence-electron chi connectivity index (χ1n) is 5.58. The van der Waals surface area contributed by atoms with Gasteiger partial charge in [0, 0.05) is 17.5 Å². The summed E-state index contributed by atoms with van der Waals surface area (Å²) in [5, 5.41) is 4.94. The van der Waals surface area contributed by atoms with Gasteiger partial charge in [-0.3, -0.25) is 4.79 Å². The van der Waals surface area contributed by atoms with E-state index in [1.807, 2.05) is 49.4 Å². The second-order valence-electron chi connectivity index (χ2n) is 4.05. The van der Waals surface area contributed by atoms with Gasteiger partial charge in [-0.15, -0.1) is 11.6 Å². The largest absolute Gasteiger partial charge is 0.351 e. The van der Waals surface area contributed by atoms with Crippen LogP contribution in [0.3, 0.4) is 0 Å². The average Bonchev–Trinajstić information content (AvgIpc) is 2.35. The van der Waals surface area contributed by atoms with Gasteiger partial charge in [0.25, 0.3) is 5.91 Å². The van der Waals surface area contributed by atoms with Crippen LogP contribution in [0.2, 0.25) is 0 Å². The lowest BCUT2D eigenvalue weighted by Gasteiger charge is -2.07. The minimum atomic E-state index is -0.0803. The van der Waals surface area contributed by atoms with Gasteiger partial charge in [-0.2, -0.15) is 0 Å². The molecule has 0 aromatic heterocycles.